The van der Waals surface area contributed by atoms with E-state index in [1.807, 2.05) is 6.92 Å². The summed E-state index contributed by atoms with van der Waals surface area (Å²) in [6.07, 6.45) is -0.559. The summed E-state index contributed by atoms with van der Waals surface area (Å²) < 4.78 is 87.7. The van der Waals surface area contributed by atoms with Crippen LogP contribution in [-0.2, 0) is 42.1 Å². The molecular formula is C25H32F3NO9S. The van der Waals surface area contributed by atoms with Gasteiger partial charge in [-0.15, -0.1) is 0 Å². The molecule has 1 aromatic heterocycles. The van der Waals surface area contributed by atoms with Crippen molar-refractivity contribution in [1.82, 2.24) is 5.32 Å². The van der Waals surface area contributed by atoms with Crippen molar-refractivity contribution in [2.75, 3.05) is 13.2 Å². The molecule has 10 nitrogen and oxygen atoms in total. The highest BCUT2D eigenvalue weighted by Gasteiger charge is 2.48. The van der Waals surface area contributed by atoms with Crippen LogP contribution < -0.4 is 9.50 Å². The summed E-state index contributed by atoms with van der Waals surface area (Å²) in [4.78, 5) is 24.7. The van der Waals surface area contributed by atoms with Crippen LogP contribution in [-0.4, -0.2) is 50.9 Å². The summed E-state index contributed by atoms with van der Waals surface area (Å²) in [6.45, 7) is 8.02. The number of benzene rings is 1. The smallest absolute Gasteiger partial charge is 0.469 e. The second-order valence-electron chi connectivity index (χ2n) is 9.48. The van der Waals surface area contributed by atoms with E-state index in [1.165, 1.54) is 18.4 Å². The highest BCUT2D eigenvalue weighted by atomic mass is 32.2. The molecule has 0 aliphatic carbocycles. The first-order valence-electron chi connectivity index (χ1n) is 11.9. The van der Waals surface area contributed by atoms with Crippen molar-refractivity contribution >= 4 is 22.2 Å². The van der Waals surface area contributed by atoms with Crippen LogP contribution in [0.15, 0.2) is 41.0 Å². The minimum atomic E-state index is -5.99. The first-order valence-corrected chi connectivity index (χ1v) is 13.3. The molecule has 0 saturated heterocycles. The van der Waals surface area contributed by atoms with Crippen LogP contribution >= 0.6 is 0 Å². The van der Waals surface area contributed by atoms with Gasteiger partial charge in [-0.1, -0.05) is 19.1 Å². The van der Waals surface area contributed by atoms with Crippen LogP contribution in [0.1, 0.15) is 57.4 Å². The number of ether oxygens (including phenoxy) is 3. The number of esters is 1. The molecule has 0 spiro atoms. The summed E-state index contributed by atoms with van der Waals surface area (Å²) in [5.41, 5.74) is -6.27. The highest BCUT2D eigenvalue weighted by molar-refractivity contribution is 7.88. The third-order valence-corrected chi connectivity index (χ3v) is 5.94. The van der Waals surface area contributed by atoms with E-state index in [1.54, 1.807) is 39.8 Å². The maximum Gasteiger partial charge on any atom is 0.534 e. The lowest BCUT2D eigenvalue weighted by molar-refractivity contribution is -0.157. The van der Waals surface area contributed by atoms with E-state index in [0.29, 0.717) is 11.3 Å². The molecule has 1 amide bonds. The molecule has 0 radical (unpaired) electrons. The normalized spacial score (nSPS) is 13.8. The van der Waals surface area contributed by atoms with Gasteiger partial charge in [-0.05, 0) is 51.5 Å². The van der Waals surface area contributed by atoms with Gasteiger partial charge < -0.3 is 28.1 Å². The zero-order chi connectivity index (χ0) is 29.4. The molecule has 1 N–H and O–H groups in total. The van der Waals surface area contributed by atoms with E-state index in [9.17, 15) is 31.2 Å². The van der Waals surface area contributed by atoms with Gasteiger partial charge in [-0.25, -0.2) is 9.59 Å². The Morgan fingerprint density at radius 2 is 1.82 bits per heavy atom. The Bertz CT molecular complexity index is 1210. The van der Waals surface area contributed by atoms with Gasteiger partial charge in [-0.3, -0.25) is 0 Å². The average molecular weight is 580 g/mol. The number of carbonyl (C=O) groups excluding carboxylic acids is 2. The minimum Gasteiger partial charge on any atom is -0.469 e. The van der Waals surface area contributed by atoms with Crippen molar-refractivity contribution in [2.24, 2.45) is 0 Å². The molecule has 1 heterocycles. The number of hydrogen-bond acceptors (Lipinski definition) is 9. The standard InChI is InChI=1S/C25H32F3NO9S/c1-6-34-22(30)21(36-15-16(2)19-8-7-11-35-19)13-17-9-10-20(38-39(32,33)25(26,27)28)18(12-17)14-29-23(31)37-24(3,4)5/h7-12,16,21H,6,13-15H2,1-5H3,(H,29,31). The molecule has 0 aliphatic rings. The fourth-order valence-electron chi connectivity index (χ4n) is 3.20. The fourth-order valence-corrected chi connectivity index (χ4v) is 3.69. The molecule has 0 bridgehead atoms. The molecule has 1 aromatic carbocycles. The lowest BCUT2D eigenvalue weighted by atomic mass is 10.0. The predicted molar refractivity (Wildman–Crippen MR) is 132 cm³/mol. The maximum absolute atomic E-state index is 12.9. The molecule has 0 aliphatic heterocycles. The van der Waals surface area contributed by atoms with E-state index in [2.05, 4.69) is 9.50 Å². The van der Waals surface area contributed by atoms with E-state index < -0.39 is 51.7 Å². The lowest BCUT2D eigenvalue weighted by Crippen LogP contribution is -2.33. The van der Waals surface area contributed by atoms with Crippen LogP contribution in [0.3, 0.4) is 0 Å². The van der Waals surface area contributed by atoms with Gasteiger partial charge in [0.1, 0.15) is 17.1 Å². The second-order valence-corrected chi connectivity index (χ2v) is 11.0. The molecule has 2 rings (SSSR count). The van der Waals surface area contributed by atoms with Gasteiger partial charge in [0.2, 0.25) is 0 Å². The van der Waals surface area contributed by atoms with Gasteiger partial charge in [0.25, 0.3) is 0 Å². The Morgan fingerprint density at radius 1 is 1.13 bits per heavy atom. The number of amides is 1. The number of carbonyl (C=O) groups is 2. The van der Waals surface area contributed by atoms with E-state index in [0.717, 1.165) is 6.07 Å². The predicted octanol–water partition coefficient (Wildman–Crippen LogP) is 4.83. The van der Waals surface area contributed by atoms with Crippen LogP contribution in [0.2, 0.25) is 0 Å². The monoisotopic (exact) mass is 579 g/mol. The minimum absolute atomic E-state index is 0.0740. The average Bonchev–Trinajstić information content (AvgIpc) is 3.34. The molecule has 2 unspecified atom stereocenters. The van der Waals surface area contributed by atoms with Gasteiger partial charge in [0.05, 0.1) is 19.5 Å². The molecule has 0 fully saturated rings. The number of alkyl carbamates (subject to hydrolysis) is 1. The van der Waals surface area contributed by atoms with Gasteiger partial charge in [0, 0.05) is 24.4 Å². The SMILES string of the molecule is CCOC(=O)C(Cc1ccc(OS(=O)(=O)C(F)(F)F)c(CNC(=O)OC(C)(C)C)c1)OCC(C)c1ccco1. The summed E-state index contributed by atoms with van der Waals surface area (Å²) in [6, 6.07) is 7.04. The molecule has 14 heteroatoms. The van der Waals surface area contributed by atoms with E-state index in [4.69, 9.17) is 18.6 Å². The quantitative estimate of drug-likeness (QED) is 0.213. The zero-order valence-electron chi connectivity index (χ0n) is 22.2. The van der Waals surface area contributed by atoms with Crippen molar-refractivity contribution in [2.45, 2.75) is 70.7 Å². The van der Waals surface area contributed by atoms with Crippen molar-refractivity contribution in [3.63, 3.8) is 0 Å². The third-order valence-electron chi connectivity index (χ3n) is 4.98. The summed E-state index contributed by atoms with van der Waals surface area (Å²) in [7, 11) is -5.99. The first-order chi connectivity index (χ1) is 18.0. The Hall–Kier alpha value is -3.26. The molecule has 2 aromatic rings. The number of halogens is 3. The van der Waals surface area contributed by atoms with Crippen LogP contribution in [0.25, 0.3) is 0 Å². The van der Waals surface area contributed by atoms with Crippen LogP contribution in [0, 0.1) is 0 Å². The molecule has 2 atom stereocenters. The van der Waals surface area contributed by atoms with Crippen molar-refractivity contribution < 1.29 is 54.0 Å². The first kappa shape index (κ1) is 32.0. The summed E-state index contributed by atoms with van der Waals surface area (Å²) in [5, 5.41) is 2.35. The summed E-state index contributed by atoms with van der Waals surface area (Å²) in [5.74, 6) is -0.890. The van der Waals surface area contributed by atoms with Gasteiger partial charge in [-0.2, -0.15) is 21.6 Å². The molecule has 39 heavy (non-hydrogen) atoms. The number of furan rings is 1. The lowest BCUT2D eigenvalue weighted by Gasteiger charge is -2.21. The summed E-state index contributed by atoms with van der Waals surface area (Å²) >= 11 is 0. The Morgan fingerprint density at radius 3 is 2.38 bits per heavy atom. The van der Waals surface area contributed by atoms with Crippen LogP contribution in [0.5, 0.6) is 5.75 Å². The Kier molecular flexibility index (Phi) is 10.8. The van der Waals surface area contributed by atoms with Gasteiger partial charge >= 0.3 is 27.7 Å². The topological polar surface area (TPSA) is 130 Å². The number of rotatable bonds is 12. The van der Waals surface area contributed by atoms with Crippen molar-refractivity contribution in [1.29, 1.82) is 0 Å². The van der Waals surface area contributed by atoms with Crippen LogP contribution in [0.4, 0.5) is 18.0 Å². The third kappa shape index (κ3) is 10.1. The molecule has 218 valence electrons. The second kappa shape index (κ2) is 13.2. The Balaban J connectivity index is 2.31. The molecular weight excluding hydrogens is 547 g/mol. The van der Waals surface area contributed by atoms with Crippen molar-refractivity contribution in [3.05, 3.63) is 53.5 Å². The number of alkyl halides is 3. The van der Waals surface area contributed by atoms with Gasteiger partial charge in [0.15, 0.2) is 6.10 Å². The Labute approximate surface area is 224 Å². The zero-order valence-corrected chi connectivity index (χ0v) is 23.0. The van der Waals surface area contributed by atoms with Crippen molar-refractivity contribution in [3.8, 4) is 5.75 Å². The fraction of sp³-hybridized carbons (Fsp3) is 0.520. The van der Waals surface area contributed by atoms with E-state index in [-0.39, 0.29) is 31.1 Å². The molecule has 0 saturated carbocycles. The largest absolute Gasteiger partial charge is 0.534 e. The number of nitrogens with one attached hydrogen (secondary N) is 1. The maximum atomic E-state index is 12.9. The van der Waals surface area contributed by atoms with E-state index >= 15 is 0 Å². The number of hydrogen-bond donors (Lipinski definition) is 1. The highest BCUT2D eigenvalue weighted by Crippen LogP contribution is 2.30.